The Morgan fingerprint density at radius 2 is 1.67 bits per heavy atom. The van der Waals surface area contributed by atoms with Crippen LogP contribution >= 0.6 is 0 Å². The Kier molecular flexibility index (Phi) is 3.15. The molecule has 2 aromatic rings. The van der Waals surface area contributed by atoms with Crippen molar-refractivity contribution < 1.29 is 4.79 Å². The summed E-state index contributed by atoms with van der Waals surface area (Å²) in [4.78, 5) is 17.1. The highest BCUT2D eigenvalue weighted by molar-refractivity contribution is 6.24. The minimum absolute atomic E-state index is 0.166. The van der Waals surface area contributed by atoms with Crippen molar-refractivity contribution in [2.45, 2.75) is 19.3 Å². The maximum Gasteiger partial charge on any atom is 0.259 e. The molecule has 21 heavy (non-hydrogen) atoms. The van der Waals surface area contributed by atoms with Crippen molar-refractivity contribution in [2.75, 3.05) is 31.1 Å². The summed E-state index contributed by atoms with van der Waals surface area (Å²) < 4.78 is 0. The second-order valence-corrected chi connectivity index (χ2v) is 6.04. The highest BCUT2D eigenvalue weighted by Gasteiger charge is 2.29. The topological polar surface area (TPSA) is 23.6 Å². The lowest BCUT2D eigenvalue weighted by Gasteiger charge is -2.28. The third kappa shape index (κ3) is 2.12. The van der Waals surface area contributed by atoms with Crippen molar-refractivity contribution in [1.82, 2.24) is 4.90 Å². The molecule has 0 unspecified atom stereocenters. The molecule has 0 bridgehead atoms. The number of benzene rings is 2. The molecule has 2 aliphatic heterocycles. The van der Waals surface area contributed by atoms with E-state index in [1.807, 2.05) is 23.1 Å². The summed E-state index contributed by atoms with van der Waals surface area (Å²) in [6.45, 7) is 4.14. The average molecular weight is 280 g/mol. The minimum atomic E-state index is 0.166. The first-order valence-corrected chi connectivity index (χ1v) is 7.90. The molecule has 0 spiro atoms. The molecule has 3 heteroatoms. The summed E-state index contributed by atoms with van der Waals surface area (Å²) in [5.41, 5.74) is 1.95. The van der Waals surface area contributed by atoms with Gasteiger partial charge in [-0.3, -0.25) is 4.79 Å². The zero-order chi connectivity index (χ0) is 14.2. The van der Waals surface area contributed by atoms with Gasteiger partial charge in [0.25, 0.3) is 5.91 Å². The van der Waals surface area contributed by atoms with Crippen LogP contribution in [0.3, 0.4) is 0 Å². The summed E-state index contributed by atoms with van der Waals surface area (Å²) in [5, 5.41) is 2.29. The van der Waals surface area contributed by atoms with Crippen molar-refractivity contribution >= 4 is 22.4 Å². The summed E-state index contributed by atoms with van der Waals surface area (Å²) in [5.74, 6) is 0.166. The van der Waals surface area contributed by atoms with Crippen LogP contribution in [0.1, 0.15) is 29.6 Å². The Balaban J connectivity index is 1.60. The van der Waals surface area contributed by atoms with Gasteiger partial charge in [0.05, 0.1) is 5.69 Å². The lowest BCUT2D eigenvalue weighted by Crippen LogP contribution is -2.39. The summed E-state index contributed by atoms with van der Waals surface area (Å²) in [7, 11) is 0. The normalized spacial score (nSPS) is 18.7. The second-order valence-electron chi connectivity index (χ2n) is 6.04. The van der Waals surface area contributed by atoms with Gasteiger partial charge in [-0.2, -0.15) is 0 Å². The van der Waals surface area contributed by atoms with Crippen molar-refractivity contribution in [3.05, 3.63) is 42.0 Å². The number of carbonyl (C=O) groups is 1. The van der Waals surface area contributed by atoms with E-state index in [2.05, 4.69) is 23.1 Å². The zero-order valence-electron chi connectivity index (χ0n) is 12.2. The van der Waals surface area contributed by atoms with Crippen molar-refractivity contribution in [2.24, 2.45) is 0 Å². The number of nitrogens with zero attached hydrogens (tertiary/aromatic N) is 2. The fourth-order valence-electron chi connectivity index (χ4n) is 3.63. The van der Waals surface area contributed by atoms with E-state index in [9.17, 15) is 4.79 Å². The number of anilines is 1. The Morgan fingerprint density at radius 3 is 2.48 bits per heavy atom. The first-order valence-electron chi connectivity index (χ1n) is 7.90. The summed E-state index contributed by atoms with van der Waals surface area (Å²) in [6, 6.07) is 12.2. The first-order chi connectivity index (χ1) is 10.3. The van der Waals surface area contributed by atoms with Crippen molar-refractivity contribution in [1.29, 1.82) is 0 Å². The monoisotopic (exact) mass is 280 g/mol. The molecule has 108 valence electrons. The lowest BCUT2D eigenvalue weighted by atomic mass is 10.1. The number of amides is 1. The van der Waals surface area contributed by atoms with E-state index in [1.165, 1.54) is 37.7 Å². The van der Waals surface area contributed by atoms with E-state index in [4.69, 9.17) is 0 Å². The molecule has 0 N–H and O–H groups in total. The molecule has 2 heterocycles. The number of likely N-dealkylation sites (tertiary alicyclic amines) is 1. The number of piperidine rings is 1. The van der Waals surface area contributed by atoms with Gasteiger partial charge in [0.15, 0.2) is 0 Å². The standard InChI is InChI=1S/C18H20N2O/c21-18-15-8-4-6-14-7-5-9-16(17(14)15)20(18)13-12-19-10-2-1-3-11-19/h4-9H,1-3,10-13H2. The van der Waals surface area contributed by atoms with Crippen LogP contribution in [0, 0.1) is 0 Å². The van der Waals surface area contributed by atoms with E-state index in [0.29, 0.717) is 0 Å². The Labute approximate surface area is 125 Å². The molecule has 0 atom stereocenters. The maximum atomic E-state index is 12.7. The quantitative estimate of drug-likeness (QED) is 0.861. The van der Waals surface area contributed by atoms with Gasteiger partial charge in [-0.25, -0.2) is 0 Å². The summed E-state index contributed by atoms with van der Waals surface area (Å²) in [6.07, 6.45) is 3.94. The van der Waals surface area contributed by atoms with Crippen LogP contribution in [0.4, 0.5) is 5.69 Å². The van der Waals surface area contributed by atoms with Crippen LogP contribution in [-0.4, -0.2) is 37.0 Å². The molecule has 0 aliphatic carbocycles. The van der Waals surface area contributed by atoms with Crippen LogP contribution in [-0.2, 0) is 0 Å². The minimum Gasteiger partial charge on any atom is -0.306 e. The fraction of sp³-hybridized carbons (Fsp3) is 0.389. The van der Waals surface area contributed by atoms with Gasteiger partial charge in [-0.15, -0.1) is 0 Å². The molecule has 1 fully saturated rings. The summed E-state index contributed by atoms with van der Waals surface area (Å²) >= 11 is 0. The lowest BCUT2D eigenvalue weighted by molar-refractivity contribution is 0.0988. The van der Waals surface area contributed by atoms with Crippen molar-refractivity contribution in [3.8, 4) is 0 Å². The molecule has 0 radical (unpaired) electrons. The molecule has 0 aromatic heterocycles. The molecule has 1 amide bonds. The van der Waals surface area contributed by atoms with Gasteiger partial charge >= 0.3 is 0 Å². The van der Waals surface area contributed by atoms with Gasteiger partial charge in [-0.05, 0) is 43.5 Å². The van der Waals surface area contributed by atoms with Gasteiger partial charge in [-0.1, -0.05) is 30.7 Å². The third-order valence-electron chi connectivity index (χ3n) is 4.74. The third-order valence-corrected chi connectivity index (χ3v) is 4.74. The largest absolute Gasteiger partial charge is 0.306 e. The van der Waals surface area contributed by atoms with Gasteiger partial charge in [0.2, 0.25) is 0 Å². The highest BCUT2D eigenvalue weighted by Crippen LogP contribution is 2.36. The molecule has 3 nitrogen and oxygen atoms in total. The molecule has 0 saturated carbocycles. The smallest absolute Gasteiger partial charge is 0.259 e. The van der Waals surface area contributed by atoms with Crippen LogP contribution in [0.2, 0.25) is 0 Å². The Morgan fingerprint density at radius 1 is 0.905 bits per heavy atom. The molecule has 1 saturated heterocycles. The van der Waals surface area contributed by atoms with E-state index in [1.54, 1.807) is 0 Å². The first kappa shape index (κ1) is 12.8. The maximum absolute atomic E-state index is 12.7. The number of carbonyl (C=O) groups excluding carboxylic acids is 1. The van der Waals surface area contributed by atoms with E-state index >= 15 is 0 Å². The molecule has 2 aromatic carbocycles. The molecule has 2 aliphatic rings. The molecule has 4 rings (SSSR count). The average Bonchev–Trinajstić information content (AvgIpc) is 2.81. The van der Waals surface area contributed by atoms with Crippen LogP contribution < -0.4 is 4.90 Å². The van der Waals surface area contributed by atoms with E-state index in [0.717, 1.165) is 29.7 Å². The second kappa shape index (κ2) is 5.15. The van der Waals surface area contributed by atoms with Crippen LogP contribution in [0.25, 0.3) is 10.8 Å². The SMILES string of the molecule is O=C1c2cccc3cccc(c23)N1CCN1CCCCC1. The highest BCUT2D eigenvalue weighted by atomic mass is 16.2. The van der Waals surface area contributed by atoms with Gasteiger partial charge < -0.3 is 9.80 Å². The number of rotatable bonds is 3. The Hall–Kier alpha value is -1.87. The number of hydrogen-bond acceptors (Lipinski definition) is 2. The van der Waals surface area contributed by atoms with Crippen molar-refractivity contribution in [3.63, 3.8) is 0 Å². The van der Waals surface area contributed by atoms with Gasteiger partial charge in [0, 0.05) is 24.0 Å². The Bertz CT molecular complexity index is 683. The molecular weight excluding hydrogens is 260 g/mol. The molecular formula is C18H20N2O. The predicted molar refractivity (Wildman–Crippen MR) is 85.9 cm³/mol. The van der Waals surface area contributed by atoms with Crippen LogP contribution in [0.15, 0.2) is 36.4 Å². The van der Waals surface area contributed by atoms with E-state index < -0.39 is 0 Å². The van der Waals surface area contributed by atoms with E-state index in [-0.39, 0.29) is 5.91 Å². The van der Waals surface area contributed by atoms with Crippen LogP contribution in [0.5, 0.6) is 0 Å². The predicted octanol–water partition coefficient (Wildman–Crippen LogP) is 3.29. The fourth-order valence-corrected chi connectivity index (χ4v) is 3.63. The number of hydrogen-bond donors (Lipinski definition) is 0. The van der Waals surface area contributed by atoms with Gasteiger partial charge in [0.1, 0.15) is 0 Å². The zero-order valence-corrected chi connectivity index (χ0v) is 12.2.